The van der Waals surface area contributed by atoms with E-state index in [1.54, 1.807) is 26.8 Å². The van der Waals surface area contributed by atoms with Gasteiger partial charge in [-0.1, -0.05) is 50.6 Å². The summed E-state index contributed by atoms with van der Waals surface area (Å²) in [5, 5.41) is 12.8. The number of hydrogen-bond donors (Lipinski definition) is 2. The van der Waals surface area contributed by atoms with Crippen molar-refractivity contribution in [3.63, 3.8) is 0 Å². The average Bonchev–Trinajstić information content (AvgIpc) is 2.82. The van der Waals surface area contributed by atoms with Gasteiger partial charge in [0, 0.05) is 22.9 Å². The van der Waals surface area contributed by atoms with E-state index < -0.39 is 29.6 Å². The summed E-state index contributed by atoms with van der Waals surface area (Å²) < 4.78 is 11.5. The van der Waals surface area contributed by atoms with Crippen LogP contribution in [0, 0.1) is 19.8 Å². The fourth-order valence-electron chi connectivity index (χ4n) is 3.90. The van der Waals surface area contributed by atoms with Crippen LogP contribution in [0.4, 0.5) is 0 Å². The maximum atomic E-state index is 12.8. The van der Waals surface area contributed by atoms with E-state index in [-0.39, 0.29) is 5.92 Å². The second kappa shape index (κ2) is 10.5. The van der Waals surface area contributed by atoms with E-state index in [0.29, 0.717) is 35.3 Å². The first-order chi connectivity index (χ1) is 16.1. The molecule has 0 bridgehead atoms. The van der Waals surface area contributed by atoms with Crippen LogP contribution in [0.25, 0.3) is 11.0 Å². The Labute approximate surface area is 198 Å². The molecule has 7 heteroatoms. The number of aryl methyl sites for hydroxylation is 2. The normalized spacial score (nSPS) is 13.8. The molecule has 0 fully saturated rings. The van der Waals surface area contributed by atoms with E-state index >= 15 is 0 Å². The number of carbonyl (C=O) groups excluding carboxylic acids is 1. The molecule has 0 unspecified atom stereocenters. The molecule has 7 nitrogen and oxygen atoms in total. The van der Waals surface area contributed by atoms with Gasteiger partial charge in [0.15, 0.2) is 6.10 Å². The Kier molecular flexibility index (Phi) is 7.76. The molecule has 1 amide bonds. The van der Waals surface area contributed by atoms with Crippen molar-refractivity contribution >= 4 is 22.8 Å². The Morgan fingerprint density at radius 2 is 1.74 bits per heavy atom. The van der Waals surface area contributed by atoms with Gasteiger partial charge in [0.2, 0.25) is 0 Å². The Balaban J connectivity index is 1.86. The number of ether oxygens (including phenoxy) is 1. The van der Waals surface area contributed by atoms with Crippen molar-refractivity contribution in [3.05, 3.63) is 75.1 Å². The summed E-state index contributed by atoms with van der Waals surface area (Å²) in [4.78, 5) is 36.9. The molecule has 0 aliphatic rings. The number of nitrogens with one attached hydrogen (secondary N) is 1. The van der Waals surface area contributed by atoms with E-state index in [1.807, 2.05) is 50.2 Å². The summed E-state index contributed by atoms with van der Waals surface area (Å²) in [6.07, 6.45) is 0.147. The third-order valence-corrected chi connectivity index (χ3v) is 6.33. The number of hydrogen-bond acceptors (Lipinski definition) is 5. The van der Waals surface area contributed by atoms with E-state index in [9.17, 15) is 19.5 Å². The maximum Gasteiger partial charge on any atom is 0.340 e. The molecule has 0 saturated carbocycles. The van der Waals surface area contributed by atoms with Crippen LogP contribution in [-0.2, 0) is 16.0 Å². The van der Waals surface area contributed by atoms with Crippen molar-refractivity contribution in [1.29, 1.82) is 0 Å². The zero-order chi connectivity index (χ0) is 25.0. The number of amides is 1. The molecule has 34 heavy (non-hydrogen) atoms. The molecule has 1 heterocycles. The molecule has 1 aromatic heterocycles. The third kappa shape index (κ3) is 5.30. The molecular formula is C27H31NO6. The number of carbonyl (C=O) groups is 2. The summed E-state index contributed by atoms with van der Waals surface area (Å²) in [6.45, 7) is 8.86. The van der Waals surface area contributed by atoms with Crippen molar-refractivity contribution in [2.24, 2.45) is 5.92 Å². The first-order valence-electron chi connectivity index (χ1n) is 11.4. The Bertz CT molecular complexity index is 1250. The lowest BCUT2D eigenvalue weighted by molar-refractivity contribution is -0.144. The summed E-state index contributed by atoms with van der Waals surface area (Å²) in [6, 6.07) is 12.3. The fourth-order valence-corrected chi connectivity index (χ4v) is 3.90. The van der Waals surface area contributed by atoms with Gasteiger partial charge in [0.1, 0.15) is 17.4 Å². The van der Waals surface area contributed by atoms with Crippen molar-refractivity contribution in [3.8, 4) is 5.75 Å². The van der Waals surface area contributed by atoms with E-state index in [1.165, 1.54) is 0 Å². The van der Waals surface area contributed by atoms with Gasteiger partial charge in [-0.2, -0.15) is 0 Å². The summed E-state index contributed by atoms with van der Waals surface area (Å²) in [7, 11) is 0. The minimum atomic E-state index is -1.08. The van der Waals surface area contributed by atoms with Gasteiger partial charge < -0.3 is 19.6 Å². The van der Waals surface area contributed by atoms with E-state index in [0.717, 1.165) is 16.5 Å². The van der Waals surface area contributed by atoms with Gasteiger partial charge >= 0.3 is 11.6 Å². The smallest absolute Gasteiger partial charge is 0.340 e. The average molecular weight is 466 g/mol. The minimum absolute atomic E-state index is 0.224. The highest BCUT2D eigenvalue weighted by atomic mass is 16.5. The molecular weight excluding hydrogens is 434 g/mol. The van der Waals surface area contributed by atoms with Crippen LogP contribution in [0.2, 0.25) is 0 Å². The SMILES string of the molecule is CC[C@@H](C)[C@H](NC(=O)[C@@H](C)Oc1ccc2c(C)c(Cc3ccccc3)c(=O)oc2c1C)C(=O)O. The molecule has 0 aliphatic carbocycles. The van der Waals surface area contributed by atoms with Crippen LogP contribution in [0.5, 0.6) is 5.75 Å². The predicted molar refractivity (Wildman–Crippen MR) is 130 cm³/mol. The molecule has 180 valence electrons. The lowest BCUT2D eigenvalue weighted by Crippen LogP contribution is -2.49. The van der Waals surface area contributed by atoms with Crippen molar-refractivity contribution in [1.82, 2.24) is 5.32 Å². The standard InChI is InChI=1S/C27H31NO6/c1-6-15(2)23(26(30)31)28-25(29)18(5)33-22-13-12-20-16(3)21(14-19-10-8-7-9-11-19)27(32)34-24(20)17(22)4/h7-13,15,18,23H,6,14H2,1-5H3,(H,28,29)(H,30,31)/t15-,18-,23+/m1/s1. The van der Waals surface area contributed by atoms with Crippen molar-refractivity contribution in [2.75, 3.05) is 0 Å². The zero-order valence-corrected chi connectivity index (χ0v) is 20.2. The number of benzene rings is 2. The van der Waals surface area contributed by atoms with Crippen LogP contribution in [0.3, 0.4) is 0 Å². The van der Waals surface area contributed by atoms with Crippen LogP contribution < -0.4 is 15.7 Å². The number of aliphatic carboxylic acids is 1. The van der Waals surface area contributed by atoms with Gasteiger partial charge in [0.05, 0.1) is 0 Å². The lowest BCUT2D eigenvalue weighted by Gasteiger charge is -2.23. The second-order valence-corrected chi connectivity index (χ2v) is 8.69. The molecule has 0 saturated heterocycles. The molecule has 3 rings (SSSR count). The van der Waals surface area contributed by atoms with Crippen LogP contribution in [-0.4, -0.2) is 29.1 Å². The van der Waals surface area contributed by atoms with E-state index in [4.69, 9.17) is 9.15 Å². The second-order valence-electron chi connectivity index (χ2n) is 8.69. The Morgan fingerprint density at radius 3 is 2.35 bits per heavy atom. The molecule has 2 N–H and O–H groups in total. The zero-order valence-electron chi connectivity index (χ0n) is 20.2. The lowest BCUT2D eigenvalue weighted by atomic mass is 9.98. The fraction of sp³-hybridized carbons (Fsp3) is 0.370. The van der Waals surface area contributed by atoms with Crippen molar-refractivity contribution < 1.29 is 23.8 Å². The van der Waals surface area contributed by atoms with E-state index in [2.05, 4.69) is 5.32 Å². The highest BCUT2D eigenvalue weighted by Crippen LogP contribution is 2.30. The van der Waals surface area contributed by atoms with Crippen LogP contribution >= 0.6 is 0 Å². The van der Waals surface area contributed by atoms with Gasteiger partial charge in [-0.25, -0.2) is 9.59 Å². The molecule has 0 radical (unpaired) electrons. The molecule has 0 spiro atoms. The maximum absolute atomic E-state index is 12.8. The first kappa shape index (κ1) is 25.0. The Hall–Kier alpha value is -3.61. The summed E-state index contributed by atoms with van der Waals surface area (Å²) in [5.74, 6) is -1.44. The van der Waals surface area contributed by atoms with Gasteiger partial charge in [-0.15, -0.1) is 0 Å². The number of rotatable bonds is 9. The largest absolute Gasteiger partial charge is 0.480 e. The predicted octanol–water partition coefficient (Wildman–Crippen LogP) is 4.38. The molecule has 3 aromatic rings. The van der Waals surface area contributed by atoms with Crippen LogP contribution in [0.1, 0.15) is 49.4 Å². The highest BCUT2D eigenvalue weighted by molar-refractivity contribution is 5.88. The van der Waals surface area contributed by atoms with Crippen LogP contribution in [0.15, 0.2) is 51.7 Å². The first-order valence-corrected chi connectivity index (χ1v) is 11.4. The van der Waals surface area contributed by atoms with Gasteiger partial charge in [-0.3, -0.25) is 4.79 Å². The molecule has 3 atom stereocenters. The summed E-state index contributed by atoms with van der Waals surface area (Å²) in [5.41, 5.74) is 3.06. The number of carboxylic acids is 1. The monoisotopic (exact) mass is 465 g/mol. The Morgan fingerprint density at radius 1 is 1.06 bits per heavy atom. The summed E-state index contributed by atoms with van der Waals surface area (Å²) >= 11 is 0. The minimum Gasteiger partial charge on any atom is -0.480 e. The van der Waals surface area contributed by atoms with Crippen molar-refractivity contribution in [2.45, 2.75) is 59.6 Å². The molecule has 2 aromatic carbocycles. The highest BCUT2D eigenvalue weighted by Gasteiger charge is 2.28. The number of carboxylic acid groups (broad SMARTS) is 1. The molecule has 0 aliphatic heterocycles. The number of fused-ring (bicyclic) bond motifs is 1. The third-order valence-electron chi connectivity index (χ3n) is 6.33. The van der Waals surface area contributed by atoms with Gasteiger partial charge in [-0.05, 0) is 49.9 Å². The van der Waals surface area contributed by atoms with Gasteiger partial charge in [0.25, 0.3) is 5.91 Å². The quantitative estimate of drug-likeness (QED) is 0.454. The topological polar surface area (TPSA) is 106 Å².